The maximum atomic E-state index is 9.97. The van der Waals surface area contributed by atoms with E-state index in [0.717, 1.165) is 0 Å². The Bertz CT molecular complexity index is 255. The van der Waals surface area contributed by atoms with Gasteiger partial charge >= 0.3 is 0 Å². The Kier molecular flexibility index (Phi) is 13.2. The molecule has 0 aromatic heterocycles. The molecule has 0 bridgehead atoms. The number of hydrogen-bond acceptors (Lipinski definition) is 4. The third-order valence-electron chi connectivity index (χ3n) is 2.42. The highest BCUT2D eigenvalue weighted by Crippen LogP contribution is 2.29. The van der Waals surface area contributed by atoms with Crippen LogP contribution in [0.1, 0.15) is 27.7 Å². The molecule has 0 saturated heterocycles. The lowest BCUT2D eigenvalue weighted by atomic mass is 10.3. The number of rotatable bonds is 7. The van der Waals surface area contributed by atoms with Gasteiger partial charge in [-0.15, -0.1) is 0 Å². The summed E-state index contributed by atoms with van der Waals surface area (Å²) >= 11 is 0. The normalized spacial score (nSPS) is 15.0. The number of aliphatic hydroxyl groups is 1. The van der Waals surface area contributed by atoms with Crippen LogP contribution in [0.3, 0.4) is 0 Å². The van der Waals surface area contributed by atoms with Crippen molar-refractivity contribution in [3.63, 3.8) is 0 Å². The van der Waals surface area contributed by atoms with Crippen LogP contribution < -0.4 is 9.79 Å². The zero-order chi connectivity index (χ0) is 14.6. The van der Waals surface area contributed by atoms with Gasteiger partial charge < -0.3 is 24.3 Å². The van der Waals surface area contributed by atoms with Crippen LogP contribution in [0, 0.1) is 0 Å². The lowest BCUT2D eigenvalue weighted by molar-refractivity contribution is -0.894. The van der Waals surface area contributed by atoms with Crippen molar-refractivity contribution in [2.24, 2.45) is 0 Å². The summed E-state index contributed by atoms with van der Waals surface area (Å²) in [5, 5.41) is 8.43. The van der Waals surface area contributed by atoms with Crippen molar-refractivity contribution in [1.82, 2.24) is 0 Å². The van der Waals surface area contributed by atoms with Crippen molar-refractivity contribution in [3.8, 4) is 0 Å². The van der Waals surface area contributed by atoms with Gasteiger partial charge in [-0.2, -0.15) is 0 Å². The van der Waals surface area contributed by atoms with Crippen LogP contribution >= 0.6 is 7.82 Å². The molecule has 6 nitrogen and oxygen atoms in total. The van der Waals surface area contributed by atoms with Gasteiger partial charge in [0.25, 0.3) is 7.82 Å². The van der Waals surface area contributed by atoms with Gasteiger partial charge in [0.1, 0.15) is 0 Å². The van der Waals surface area contributed by atoms with Gasteiger partial charge in [-0.1, -0.05) is 6.08 Å². The number of hydrogen-bond donors (Lipinski definition) is 3. The van der Waals surface area contributed by atoms with E-state index in [1.165, 1.54) is 25.7 Å². The lowest BCUT2D eigenvalue weighted by Gasteiger charge is -2.13. The van der Waals surface area contributed by atoms with E-state index in [1.807, 2.05) is 0 Å². The standard InChI is InChI=1S/C6H15N.C5H11O5P/c1-4-7(5-2)6-3;1-5(4-6)2-3-10-11(7,8)9/h4-6H2,1-3H3;2,6H,3-4H2,1H3,(H2,7,8,9)/b;5-2+. The first-order valence-corrected chi connectivity index (χ1v) is 7.58. The van der Waals surface area contributed by atoms with Gasteiger partial charge in [-0.05, 0) is 33.3 Å². The maximum absolute atomic E-state index is 9.97. The number of phosphoric ester groups is 1. The molecule has 7 heteroatoms. The van der Waals surface area contributed by atoms with Crippen molar-refractivity contribution in [1.29, 1.82) is 0 Å². The summed E-state index contributed by atoms with van der Waals surface area (Å²) in [5.41, 5.74) is 0.582. The van der Waals surface area contributed by atoms with E-state index in [-0.39, 0.29) is 13.2 Å². The number of quaternary nitrogens is 1. The smallest absolute Gasteiger partial charge is 0.265 e. The minimum Gasteiger partial charge on any atom is -0.756 e. The van der Waals surface area contributed by atoms with Gasteiger partial charge in [0, 0.05) is 0 Å². The Morgan fingerprint density at radius 1 is 1.33 bits per heavy atom. The van der Waals surface area contributed by atoms with Gasteiger partial charge in [-0.25, -0.2) is 0 Å². The van der Waals surface area contributed by atoms with Crippen molar-refractivity contribution < 1.29 is 28.9 Å². The molecule has 0 aliphatic rings. The monoisotopic (exact) mass is 283 g/mol. The molecule has 0 aromatic carbocycles. The first kappa shape index (κ1) is 20.1. The Labute approximate surface area is 110 Å². The molecule has 1 atom stereocenters. The first-order valence-electron chi connectivity index (χ1n) is 6.09. The fourth-order valence-electron chi connectivity index (χ4n) is 1.09. The minimum atomic E-state index is -4.61. The zero-order valence-corrected chi connectivity index (χ0v) is 12.6. The molecule has 0 radical (unpaired) electrons. The summed E-state index contributed by atoms with van der Waals surface area (Å²) < 4.78 is 13.9. The second-order valence-electron chi connectivity index (χ2n) is 3.78. The van der Waals surface area contributed by atoms with Gasteiger partial charge in [0.05, 0.1) is 32.8 Å². The molecular formula is C11H26NO5P. The summed E-state index contributed by atoms with van der Waals surface area (Å²) in [6.45, 7) is 11.7. The van der Waals surface area contributed by atoms with E-state index in [2.05, 4.69) is 25.3 Å². The number of phosphoric acid groups is 1. The first-order chi connectivity index (χ1) is 8.30. The Morgan fingerprint density at radius 3 is 2.00 bits per heavy atom. The molecule has 0 aliphatic heterocycles. The van der Waals surface area contributed by atoms with E-state index in [1.54, 1.807) is 11.8 Å². The molecule has 0 amide bonds. The van der Waals surface area contributed by atoms with Crippen LogP contribution in [-0.2, 0) is 9.09 Å². The molecule has 0 fully saturated rings. The predicted molar refractivity (Wildman–Crippen MR) is 69.2 cm³/mol. The van der Waals surface area contributed by atoms with E-state index in [0.29, 0.717) is 5.57 Å². The summed E-state index contributed by atoms with van der Waals surface area (Å²) in [7, 11) is -4.61. The molecule has 1 unspecified atom stereocenters. The van der Waals surface area contributed by atoms with Crippen LogP contribution in [0.2, 0.25) is 0 Å². The SMILES string of the molecule is C/C(=C\COP(=O)([O-])O)CO.CC[NH+](CC)CC. The number of nitrogens with one attached hydrogen (secondary N) is 1. The molecule has 3 N–H and O–H groups in total. The maximum Gasteiger partial charge on any atom is 0.265 e. The fourth-order valence-corrected chi connectivity index (χ4v) is 1.35. The van der Waals surface area contributed by atoms with Crippen molar-refractivity contribution >= 4 is 7.82 Å². The lowest BCUT2D eigenvalue weighted by Crippen LogP contribution is -3.11. The zero-order valence-electron chi connectivity index (χ0n) is 11.7. The second-order valence-corrected chi connectivity index (χ2v) is 4.98. The van der Waals surface area contributed by atoms with E-state index < -0.39 is 7.82 Å². The van der Waals surface area contributed by atoms with Crippen LogP contribution in [0.5, 0.6) is 0 Å². The van der Waals surface area contributed by atoms with Gasteiger partial charge in [0.2, 0.25) is 0 Å². The van der Waals surface area contributed by atoms with E-state index in [4.69, 9.17) is 10.00 Å². The molecule has 18 heavy (non-hydrogen) atoms. The van der Waals surface area contributed by atoms with E-state index >= 15 is 0 Å². The minimum absolute atomic E-state index is 0.155. The van der Waals surface area contributed by atoms with Crippen molar-refractivity contribution in [3.05, 3.63) is 11.6 Å². The molecule has 0 aromatic rings. The highest BCUT2D eigenvalue weighted by Gasteiger charge is 1.98. The number of aliphatic hydroxyl groups excluding tert-OH is 1. The third kappa shape index (κ3) is 15.8. The highest BCUT2D eigenvalue weighted by molar-refractivity contribution is 7.44. The van der Waals surface area contributed by atoms with Crippen molar-refractivity contribution in [2.45, 2.75) is 27.7 Å². The molecule has 110 valence electrons. The van der Waals surface area contributed by atoms with Crippen LogP contribution in [0.15, 0.2) is 11.6 Å². The topological polar surface area (TPSA) is 94.3 Å². The summed E-state index contributed by atoms with van der Waals surface area (Å²) in [6.07, 6.45) is 1.36. The Hall–Kier alpha value is -0.230. The average Bonchev–Trinajstić information content (AvgIpc) is 2.30. The van der Waals surface area contributed by atoms with Crippen molar-refractivity contribution in [2.75, 3.05) is 32.8 Å². The second kappa shape index (κ2) is 11.8. The largest absolute Gasteiger partial charge is 0.756 e. The fraction of sp³-hybridized carbons (Fsp3) is 0.818. The van der Waals surface area contributed by atoms with E-state index in [9.17, 15) is 9.46 Å². The van der Waals surface area contributed by atoms with Crippen LogP contribution in [-0.4, -0.2) is 42.8 Å². The summed E-state index contributed by atoms with van der Waals surface area (Å²) in [5.74, 6) is 0. The average molecular weight is 283 g/mol. The van der Waals surface area contributed by atoms with Gasteiger partial charge in [0.15, 0.2) is 0 Å². The molecule has 0 spiro atoms. The quantitative estimate of drug-likeness (QED) is 0.426. The summed E-state index contributed by atoms with van der Waals surface area (Å²) in [4.78, 5) is 19.7. The molecular weight excluding hydrogens is 257 g/mol. The third-order valence-corrected chi connectivity index (χ3v) is 2.89. The molecule has 0 aliphatic carbocycles. The predicted octanol–water partition coefficient (Wildman–Crippen LogP) is -0.667. The Balaban J connectivity index is 0. The van der Waals surface area contributed by atoms with Crippen LogP contribution in [0.25, 0.3) is 0 Å². The Morgan fingerprint density at radius 2 is 1.78 bits per heavy atom. The highest BCUT2D eigenvalue weighted by atomic mass is 31.2. The molecule has 0 saturated carbocycles. The van der Waals surface area contributed by atoms with Gasteiger partial charge in [-0.3, -0.25) is 4.57 Å². The summed E-state index contributed by atoms with van der Waals surface area (Å²) in [6, 6.07) is 0. The molecule has 0 rings (SSSR count). The van der Waals surface area contributed by atoms with Crippen LogP contribution in [0.4, 0.5) is 0 Å². The molecule has 0 heterocycles.